The molecule has 0 bridgehead atoms. The van der Waals surface area contributed by atoms with Gasteiger partial charge in [-0.3, -0.25) is 0 Å². The first-order valence-corrected chi connectivity index (χ1v) is 8.99. The van der Waals surface area contributed by atoms with Crippen molar-refractivity contribution in [1.82, 2.24) is 0 Å². The van der Waals surface area contributed by atoms with E-state index in [4.69, 9.17) is 0 Å². The predicted molar refractivity (Wildman–Crippen MR) is 85.1 cm³/mol. The number of hydrogen-bond acceptors (Lipinski definition) is 1. The van der Waals surface area contributed by atoms with Crippen LogP contribution in [0.5, 0.6) is 0 Å². The molecule has 1 rings (SSSR count). The van der Waals surface area contributed by atoms with E-state index in [9.17, 15) is 4.57 Å². The molecule has 0 amide bonds. The van der Waals surface area contributed by atoms with Crippen LogP contribution in [-0.4, -0.2) is 10.3 Å². The number of rotatable bonds is 2. The molecule has 5 heteroatoms. The molecule has 0 aliphatic carbocycles. The average molecular weight is 367 g/mol. The van der Waals surface area contributed by atoms with Crippen molar-refractivity contribution in [2.75, 3.05) is 0 Å². The minimum absolute atomic E-state index is 0.186. The molecule has 0 aliphatic heterocycles. The minimum atomic E-state index is -3.88. The first-order chi connectivity index (χ1) is 8.75. The molecule has 0 radical (unpaired) electrons. The van der Waals surface area contributed by atoms with Crippen LogP contribution in [0.3, 0.4) is 0 Å². The van der Waals surface area contributed by atoms with E-state index in [1.54, 1.807) is 53.7 Å². The maximum atomic E-state index is 15.0. The highest BCUT2D eigenvalue weighted by atomic mass is 79.9. The zero-order chi connectivity index (χ0) is 16.0. The Labute approximate surface area is 128 Å². The van der Waals surface area contributed by atoms with Gasteiger partial charge in [-0.15, -0.1) is 0 Å². The maximum absolute atomic E-state index is 15.0. The lowest BCUT2D eigenvalue weighted by atomic mass is 10.2. The Morgan fingerprint density at radius 3 is 1.55 bits per heavy atom. The van der Waals surface area contributed by atoms with Gasteiger partial charge in [0.05, 0.1) is 0 Å². The third-order valence-corrected chi connectivity index (χ3v) is 8.83. The van der Waals surface area contributed by atoms with Crippen molar-refractivity contribution < 1.29 is 13.3 Å². The van der Waals surface area contributed by atoms with E-state index in [1.165, 1.54) is 12.1 Å². The van der Waals surface area contributed by atoms with Crippen LogP contribution in [0.15, 0.2) is 28.7 Å². The summed E-state index contributed by atoms with van der Waals surface area (Å²) in [6.45, 7) is 9.78. The molecule has 114 valence electrons. The van der Waals surface area contributed by atoms with Gasteiger partial charge in [-0.2, -0.15) is 8.78 Å². The number of alkyl halides is 2. The van der Waals surface area contributed by atoms with Crippen molar-refractivity contribution in [3.63, 3.8) is 0 Å². The zero-order valence-electron chi connectivity index (χ0n) is 12.8. The lowest BCUT2D eigenvalue weighted by Gasteiger charge is -2.45. The van der Waals surface area contributed by atoms with Crippen molar-refractivity contribution in [3.05, 3.63) is 34.3 Å². The van der Waals surface area contributed by atoms with Crippen molar-refractivity contribution in [3.8, 4) is 0 Å². The summed E-state index contributed by atoms with van der Waals surface area (Å²) in [4.78, 5) is 0. The van der Waals surface area contributed by atoms with Gasteiger partial charge in [0, 0.05) is 20.3 Å². The fraction of sp³-hybridized carbons (Fsp3) is 0.600. The Morgan fingerprint density at radius 1 is 0.900 bits per heavy atom. The van der Waals surface area contributed by atoms with Crippen LogP contribution in [0.4, 0.5) is 8.78 Å². The fourth-order valence-electron chi connectivity index (χ4n) is 2.68. The number of benzene rings is 1. The zero-order valence-corrected chi connectivity index (χ0v) is 15.3. The van der Waals surface area contributed by atoms with Crippen LogP contribution in [0.25, 0.3) is 0 Å². The Hall–Kier alpha value is -0.210. The Morgan fingerprint density at radius 2 is 1.25 bits per heavy atom. The molecule has 1 nitrogen and oxygen atoms in total. The average Bonchev–Trinajstić information content (AvgIpc) is 2.25. The summed E-state index contributed by atoms with van der Waals surface area (Å²) in [5.41, 5.74) is -3.54. The van der Waals surface area contributed by atoms with Crippen LogP contribution in [0.1, 0.15) is 47.1 Å². The van der Waals surface area contributed by atoms with Gasteiger partial charge in [0.1, 0.15) is 0 Å². The summed E-state index contributed by atoms with van der Waals surface area (Å²) in [6, 6.07) is 5.79. The monoisotopic (exact) mass is 366 g/mol. The molecule has 1 aromatic carbocycles. The lowest BCUT2D eigenvalue weighted by Crippen LogP contribution is -2.37. The van der Waals surface area contributed by atoms with E-state index in [1.807, 2.05) is 0 Å². The highest BCUT2D eigenvalue weighted by Gasteiger charge is 2.63. The number of halogens is 3. The molecular weight excluding hydrogens is 345 g/mol. The van der Waals surface area contributed by atoms with Crippen molar-refractivity contribution >= 4 is 23.1 Å². The van der Waals surface area contributed by atoms with Gasteiger partial charge < -0.3 is 4.57 Å². The molecule has 0 fully saturated rings. The second kappa shape index (κ2) is 5.21. The molecule has 0 saturated heterocycles. The summed E-state index contributed by atoms with van der Waals surface area (Å²) in [7, 11) is -3.88. The molecular formula is C15H22BrF2OP. The summed E-state index contributed by atoms with van der Waals surface area (Å²) >= 11 is 3.23. The van der Waals surface area contributed by atoms with Crippen molar-refractivity contribution in [1.29, 1.82) is 0 Å². The summed E-state index contributed by atoms with van der Waals surface area (Å²) in [6.07, 6.45) is 0. The van der Waals surface area contributed by atoms with Gasteiger partial charge in [-0.05, 0) is 12.1 Å². The van der Waals surface area contributed by atoms with E-state index < -0.39 is 23.1 Å². The normalized spacial score (nSPS) is 14.4. The predicted octanol–water partition coefficient (Wildman–Crippen LogP) is 6.46. The van der Waals surface area contributed by atoms with E-state index >= 15 is 8.78 Å². The molecule has 20 heavy (non-hydrogen) atoms. The SMILES string of the molecule is CC(C)(C)P(=O)(C(C)(C)C)C(F)(F)c1ccc(Br)cc1. The van der Waals surface area contributed by atoms with E-state index in [-0.39, 0.29) is 5.56 Å². The van der Waals surface area contributed by atoms with Gasteiger partial charge in [0.25, 0.3) is 0 Å². The van der Waals surface area contributed by atoms with E-state index in [0.29, 0.717) is 0 Å². The van der Waals surface area contributed by atoms with Crippen LogP contribution >= 0.6 is 23.1 Å². The quantitative estimate of drug-likeness (QED) is 0.549. The third kappa shape index (κ3) is 2.74. The highest BCUT2D eigenvalue weighted by molar-refractivity contribution is 9.10. The molecule has 0 unspecified atom stereocenters. The Bertz CT molecular complexity index is 506. The topological polar surface area (TPSA) is 17.1 Å². The highest BCUT2D eigenvalue weighted by Crippen LogP contribution is 2.78. The lowest BCUT2D eigenvalue weighted by molar-refractivity contribution is 0.0807. The second-order valence-corrected chi connectivity index (χ2v) is 12.4. The molecule has 0 spiro atoms. The smallest absolute Gasteiger partial charge is 0.316 e. The van der Waals surface area contributed by atoms with Gasteiger partial charge in [0.15, 0.2) is 7.14 Å². The second-order valence-electron chi connectivity index (χ2n) is 7.00. The summed E-state index contributed by atoms with van der Waals surface area (Å²) in [5, 5.41) is -1.97. The molecule has 0 atom stereocenters. The first-order valence-electron chi connectivity index (χ1n) is 6.49. The van der Waals surface area contributed by atoms with Crippen LogP contribution in [-0.2, 0) is 10.2 Å². The van der Waals surface area contributed by atoms with E-state index in [0.717, 1.165) is 4.47 Å². The van der Waals surface area contributed by atoms with Gasteiger partial charge in [-0.1, -0.05) is 69.6 Å². The molecule has 0 N–H and O–H groups in total. The standard InChI is InChI=1S/C15H22BrF2OP/c1-13(2,3)20(19,14(4,5)6)15(17,18)11-7-9-12(16)10-8-11/h7-10H,1-6H3. The van der Waals surface area contributed by atoms with Gasteiger partial charge in [0.2, 0.25) is 0 Å². The van der Waals surface area contributed by atoms with Gasteiger partial charge >= 0.3 is 5.66 Å². The summed E-state index contributed by atoms with van der Waals surface area (Å²) in [5.74, 6) is 0. The molecule has 0 saturated carbocycles. The maximum Gasteiger partial charge on any atom is 0.323 e. The van der Waals surface area contributed by atoms with Crippen molar-refractivity contribution in [2.24, 2.45) is 0 Å². The molecule has 0 aromatic heterocycles. The molecule has 1 aromatic rings. The molecule has 0 aliphatic rings. The fourth-order valence-corrected chi connectivity index (χ4v) is 7.16. The minimum Gasteiger partial charge on any atom is -0.316 e. The van der Waals surface area contributed by atoms with Crippen LogP contribution in [0, 0.1) is 0 Å². The largest absolute Gasteiger partial charge is 0.323 e. The van der Waals surface area contributed by atoms with Crippen LogP contribution in [0.2, 0.25) is 0 Å². The van der Waals surface area contributed by atoms with Crippen molar-refractivity contribution in [2.45, 2.75) is 57.5 Å². The third-order valence-electron chi connectivity index (χ3n) is 3.48. The first kappa shape index (κ1) is 17.8. The Balaban J connectivity index is 3.56. The Kier molecular flexibility index (Phi) is 4.65. The van der Waals surface area contributed by atoms with Crippen LogP contribution < -0.4 is 0 Å². The molecule has 0 heterocycles. The number of hydrogen-bond donors (Lipinski definition) is 0. The van der Waals surface area contributed by atoms with E-state index in [2.05, 4.69) is 15.9 Å². The summed E-state index contributed by atoms with van der Waals surface area (Å²) < 4.78 is 44.2. The van der Waals surface area contributed by atoms with Gasteiger partial charge in [-0.25, -0.2) is 0 Å².